The first kappa shape index (κ1) is 18.5. The fourth-order valence-electron chi connectivity index (χ4n) is 3.77. The molecule has 0 aromatic heterocycles. The maximum Gasteiger partial charge on any atom is 0.319 e. The second kappa shape index (κ2) is 7.66. The van der Waals surface area contributed by atoms with E-state index in [0.29, 0.717) is 17.3 Å². The van der Waals surface area contributed by atoms with E-state index in [1.54, 1.807) is 24.3 Å². The van der Waals surface area contributed by atoms with Crippen LogP contribution in [0.5, 0.6) is 0 Å². The molecule has 1 aliphatic carbocycles. The van der Waals surface area contributed by atoms with Crippen LogP contribution in [0.4, 0.5) is 10.5 Å². The number of carbonyl (C=O) groups excluding carboxylic acids is 2. The number of nitrogens with zero attached hydrogens (tertiary/aromatic N) is 1. The highest BCUT2D eigenvalue weighted by Gasteiger charge is 2.30. The van der Waals surface area contributed by atoms with Crippen LogP contribution < -0.4 is 10.6 Å². The van der Waals surface area contributed by atoms with Gasteiger partial charge in [-0.1, -0.05) is 18.2 Å². The molecule has 0 spiro atoms. The Labute approximate surface area is 166 Å². The van der Waals surface area contributed by atoms with E-state index in [4.69, 9.17) is 0 Å². The predicted octanol–water partition coefficient (Wildman–Crippen LogP) is 4.56. The van der Waals surface area contributed by atoms with Gasteiger partial charge in [0.05, 0.1) is 6.04 Å². The Morgan fingerprint density at radius 1 is 0.964 bits per heavy atom. The summed E-state index contributed by atoms with van der Waals surface area (Å²) >= 11 is 0. The Balaban J connectivity index is 1.45. The van der Waals surface area contributed by atoms with E-state index in [2.05, 4.69) is 42.7 Å². The predicted molar refractivity (Wildman–Crippen MR) is 111 cm³/mol. The molecule has 2 aromatic carbocycles. The van der Waals surface area contributed by atoms with E-state index in [9.17, 15) is 9.59 Å². The molecule has 2 fully saturated rings. The lowest BCUT2D eigenvalue weighted by atomic mass is 9.99. The first-order chi connectivity index (χ1) is 13.5. The van der Waals surface area contributed by atoms with Gasteiger partial charge in [0.15, 0.2) is 0 Å². The second-order valence-corrected chi connectivity index (χ2v) is 7.95. The number of likely N-dealkylation sites (tertiary alicyclic amines) is 1. The molecule has 2 N–H and O–H groups in total. The maximum atomic E-state index is 13.1. The highest BCUT2D eigenvalue weighted by atomic mass is 16.2. The second-order valence-electron chi connectivity index (χ2n) is 7.95. The van der Waals surface area contributed by atoms with Crippen molar-refractivity contribution in [1.82, 2.24) is 10.2 Å². The lowest BCUT2D eigenvalue weighted by molar-refractivity contribution is 0.0735. The molecule has 4 rings (SSSR count). The van der Waals surface area contributed by atoms with Gasteiger partial charge in [0.1, 0.15) is 0 Å². The van der Waals surface area contributed by atoms with Crippen molar-refractivity contribution in [2.45, 2.75) is 51.6 Å². The third kappa shape index (κ3) is 4.03. The molecule has 5 heteroatoms. The molecule has 146 valence electrons. The summed E-state index contributed by atoms with van der Waals surface area (Å²) in [6, 6.07) is 13.9. The number of carbonyl (C=O) groups is 2. The molecule has 5 nitrogen and oxygen atoms in total. The zero-order chi connectivity index (χ0) is 19.7. The summed E-state index contributed by atoms with van der Waals surface area (Å²) in [5.74, 6) is 0.0507. The number of benzene rings is 2. The van der Waals surface area contributed by atoms with Crippen LogP contribution in [-0.2, 0) is 0 Å². The maximum absolute atomic E-state index is 13.1. The molecular weight excluding hydrogens is 350 g/mol. The third-order valence-corrected chi connectivity index (χ3v) is 5.73. The summed E-state index contributed by atoms with van der Waals surface area (Å²) in [6.45, 7) is 5.00. The highest BCUT2D eigenvalue weighted by Crippen LogP contribution is 2.34. The number of hydrogen-bond acceptors (Lipinski definition) is 2. The van der Waals surface area contributed by atoms with Crippen LogP contribution in [-0.4, -0.2) is 29.4 Å². The van der Waals surface area contributed by atoms with Crippen LogP contribution in [0.3, 0.4) is 0 Å². The van der Waals surface area contributed by atoms with Crippen molar-refractivity contribution >= 4 is 17.6 Å². The summed E-state index contributed by atoms with van der Waals surface area (Å²) in [5.41, 5.74) is 5.10. The number of nitrogens with one attached hydrogen (secondary N) is 2. The molecule has 2 aliphatic rings. The van der Waals surface area contributed by atoms with E-state index in [0.717, 1.165) is 32.2 Å². The molecule has 28 heavy (non-hydrogen) atoms. The number of rotatable bonds is 4. The van der Waals surface area contributed by atoms with Gasteiger partial charge in [-0.25, -0.2) is 4.79 Å². The number of urea groups is 1. The van der Waals surface area contributed by atoms with Gasteiger partial charge in [0.25, 0.3) is 5.91 Å². The van der Waals surface area contributed by atoms with Gasteiger partial charge >= 0.3 is 6.03 Å². The Morgan fingerprint density at radius 3 is 2.39 bits per heavy atom. The van der Waals surface area contributed by atoms with E-state index < -0.39 is 0 Å². The molecule has 1 saturated heterocycles. The molecule has 1 saturated carbocycles. The van der Waals surface area contributed by atoms with Crippen molar-refractivity contribution < 1.29 is 9.59 Å². The molecule has 1 heterocycles. The largest absolute Gasteiger partial charge is 0.335 e. The molecule has 2 aromatic rings. The summed E-state index contributed by atoms with van der Waals surface area (Å²) in [6.07, 6.45) is 4.12. The van der Waals surface area contributed by atoms with Crippen LogP contribution in [0.1, 0.15) is 58.8 Å². The van der Waals surface area contributed by atoms with Crippen LogP contribution in [0, 0.1) is 13.8 Å². The van der Waals surface area contributed by atoms with Crippen molar-refractivity contribution in [3.05, 3.63) is 64.7 Å². The molecule has 0 bridgehead atoms. The van der Waals surface area contributed by atoms with E-state index in [1.165, 1.54) is 16.7 Å². The Morgan fingerprint density at radius 2 is 1.71 bits per heavy atom. The standard InChI is InChI=1S/C23H27N3O2/c1-15-5-6-18(14-16(15)2)21-4-3-13-26(21)22(27)17-7-9-19(10-8-17)24-23(28)25-20-11-12-20/h5-10,14,20-21H,3-4,11-13H2,1-2H3,(H2,24,25,28). The molecule has 1 unspecified atom stereocenters. The van der Waals surface area contributed by atoms with Gasteiger partial charge in [-0.15, -0.1) is 0 Å². The van der Waals surface area contributed by atoms with E-state index in [1.807, 2.05) is 4.90 Å². The summed E-state index contributed by atoms with van der Waals surface area (Å²) < 4.78 is 0. The normalized spacial score (nSPS) is 18.8. The highest BCUT2D eigenvalue weighted by molar-refractivity contribution is 5.96. The average Bonchev–Trinajstić information content (AvgIpc) is 3.35. The molecule has 1 aliphatic heterocycles. The first-order valence-electron chi connectivity index (χ1n) is 10.1. The molecule has 0 radical (unpaired) electrons. The van der Waals surface area contributed by atoms with Gasteiger partial charge in [0.2, 0.25) is 0 Å². The number of anilines is 1. The van der Waals surface area contributed by atoms with Crippen molar-refractivity contribution in [2.24, 2.45) is 0 Å². The lowest BCUT2D eigenvalue weighted by Crippen LogP contribution is -2.31. The summed E-state index contributed by atoms with van der Waals surface area (Å²) in [4.78, 5) is 26.9. The number of amides is 3. The third-order valence-electron chi connectivity index (χ3n) is 5.73. The topological polar surface area (TPSA) is 61.4 Å². The summed E-state index contributed by atoms with van der Waals surface area (Å²) in [5, 5.41) is 5.71. The zero-order valence-electron chi connectivity index (χ0n) is 16.5. The average molecular weight is 377 g/mol. The Bertz CT molecular complexity index is 887. The molecular formula is C23H27N3O2. The Kier molecular flexibility index (Phi) is 5.07. The fraction of sp³-hybridized carbons (Fsp3) is 0.391. The lowest BCUT2D eigenvalue weighted by Gasteiger charge is -2.26. The van der Waals surface area contributed by atoms with Crippen LogP contribution in [0.2, 0.25) is 0 Å². The Hall–Kier alpha value is -2.82. The van der Waals surface area contributed by atoms with Gasteiger partial charge in [-0.3, -0.25) is 4.79 Å². The monoisotopic (exact) mass is 377 g/mol. The zero-order valence-corrected chi connectivity index (χ0v) is 16.5. The fourth-order valence-corrected chi connectivity index (χ4v) is 3.77. The summed E-state index contributed by atoms with van der Waals surface area (Å²) in [7, 11) is 0. The smallest absolute Gasteiger partial charge is 0.319 e. The van der Waals surface area contributed by atoms with Crippen LogP contribution in [0.25, 0.3) is 0 Å². The van der Waals surface area contributed by atoms with E-state index >= 15 is 0 Å². The first-order valence-corrected chi connectivity index (χ1v) is 10.1. The van der Waals surface area contributed by atoms with Crippen LogP contribution >= 0.6 is 0 Å². The molecule has 3 amide bonds. The minimum Gasteiger partial charge on any atom is -0.335 e. The molecule has 1 atom stereocenters. The quantitative estimate of drug-likeness (QED) is 0.820. The van der Waals surface area contributed by atoms with E-state index in [-0.39, 0.29) is 18.0 Å². The minimum absolute atomic E-state index is 0.0507. The SMILES string of the molecule is Cc1ccc(C2CCCN2C(=O)c2ccc(NC(=O)NC3CC3)cc2)cc1C. The van der Waals surface area contributed by atoms with Crippen molar-refractivity contribution in [2.75, 3.05) is 11.9 Å². The van der Waals surface area contributed by atoms with Crippen molar-refractivity contribution in [3.8, 4) is 0 Å². The van der Waals surface area contributed by atoms with Gasteiger partial charge in [-0.2, -0.15) is 0 Å². The van der Waals surface area contributed by atoms with Gasteiger partial charge < -0.3 is 15.5 Å². The van der Waals surface area contributed by atoms with Crippen molar-refractivity contribution in [3.63, 3.8) is 0 Å². The van der Waals surface area contributed by atoms with Gasteiger partial charge in [0, 0.05) is 23.8 Å². The number of aryl methyl sites for hydroxylation is 2. The van der Waals surface area contributed by atoms with Crippen LogP contribution in [0.15, 0.2) is 42.5 Å². The number of hydrogen-bond donors (Lipinski definition) is 2. The minimum atomic E-state index is -0.184. The van der Waals surface area contributed by atoms with Crippen molar-refractivity contribution in [1.29, 1.82) is 0 Å². The van der Waals surface area contributed by atoms with Gasteiger partial charge in [-0.05, 0) is 80.5 Å².